The van der Waals surface area contributed by atoms with E-state index in [0.717, 1.165) is 31.4 Å². The van der Waals surface area contributed by atoms with Crippen LogP contribution in [-0.2, 0) is 11.2 Å². The molecule has 0 aromatic carbocycles. The first-order chi connectivity index (χ1) is 14.5. The molecule has 1 aromatic heterocycles. The first-order valence-corrected chi connectivity index (χ1v) is 11.1. The largest absolute Gasteiger partial charge is 0.493 e. The lowest BCUT2D eigenvalue weighted by molar-refractivity contribution is 0.110. The van der Waals surface area contributed by atoms with Crippen molar-refractivity contribution in [3.8, 4) is 6.07 Å². The topological polar surface area (TPSA) is 128 Å². The maximum absolute atomic E-state index is 10.5. The number of rotatable bonds is 10. The Morgan fingerprint density at radius 2 is 2.27 bits per heavy atom. The average molecular weight is 416 g/mol. The normalized spacial score (nSPS) is 29.4. The summed E-state index contributed by atoms with van der Waals surface area (Å²) in [5.41, 5.74) is 0.665. The molecule has 2 aliphatic rings. The van der Waals surface area contributed by atoms with Gasteiger partial charge in [0.15, 0.2) is 5.82 Å². The fourth-order valence-electron chi connectivity index (χ4n) is 4.51. The number of aliphatic hydroxyl groups excluding tert-OH is 2. The number of tetrazole rings is 1. The highest BCUT2D eigenvalue weighted by molar-refractivity contribution is 5.28. The van der Waals surface area contributed by atoms with E-state index in [1.807, 2.05) is 12.2 Å². The number of nitrogens with zero attached hydrogens (tertiary/aromatic N) is 4. The molecular weight excluding hydrogens is 382 g/mol. The van der Waals surface area contributed by atoms with Crippen molar-refractivity contribution in [3.05, 3.63) is 29.3 Å². The van der Waals surface area contributed by atoms with Crippen LogP contribution in [0.3, 0.4) is 0 Å². The Bertz CT molecular complexity index is 770. The number of hydrogen-bond donors (Lipinski definition) is 3. The van der Waals surface area contributed by atoms with Gasteiger partial charge in [0.25, 0.3) is 0 Å². The maximum Gasteiger partial charge on any atom is 0.174 e. The highest BCUT2D eigenvalue weighted by Crippen LogP contribution is 2.46. The molecule has 1 aliphatic carbocycles. The number of aromatic nitrogens is 4. The van der Waals surface area contributed by atoms with Gasteiger partial charge in [-0.05, 0) is 25.2 Å². The monoisotopic (exact) mass is 415 g/mol. The molecule has 6 unspecified atom stereocenters. The fraction of sp³-hybridized carbons (Fsp3) is 0.727. The minimum absolute atomic E-state index is 0.0557. The maximum atomic E-state index is 10.5. The predicted molar refractivity (Wildman–Crippen MR) is 111 cm³/mol. The number of hydrogen-bond acceptors (Lipinski definition) is 7. The first kappa shape index (κ1) is 22.4. The van der Waals surface area contributed by atoms with Crippen LogP contribution >= 0.6 is 0 Å². The molecule has 30 heavy (non-hydrogen) atoms. The van der Waals surface area contributed by atoms with Gasteiger partial charge in [0.2, 0.25) is 0 Å². The van der Waals surface area contributed by atoms with Crippen molar-refractivity contribution in [2.45, 2.75) is 83.5 Å². The van der Waals surface area contributed by atoms with Crippen molar-refractivity contribution in [3.63, 3.8) is 0 Å². The first-order valence-electron chi connectivity index (χ1n) is 11.1. The van der Waals surface area contributed by atoms with Crippen molar-refractivity contribution in [2.24, 2.45) is 17.8 Å². The Morgan fingerprint density at radius 1 is 1.43 bits per heavy atom. The van der Waals surface area contributed by atoms with Crippen LogP contribution in [0, 0.1) is 29.1 Å². The van der Waals surface area contributed by atoms with Crippen LogP contribution in [0.4, 0.5) is 0 Å². The van der Waals surface area contributed by atoms with E-state index >= 15 is 0 Å². The van der Waals surface area contributed by atoms with Gasteiger partial charge >= 0.3 is 0 Å². The number of ether oxygens (including phenoxy) is 1. The molecular formula is C22H33N5O3. The van der Waals surface area contributed by atoms with E-state index < -0.39 is 12.2 Å². The molecule has 1 aliphatic heterocycles. The molecule has 1 saturated carbocycles. The van der Waals surface area contributed by atoms with E-state index in [1.54, 1.807) is 0 Å². The summed E-state index contributed by atoms with van der Waals surface area (Å²) in [6.45, 7) is 4.21. The molecule has 1 saturated heterocycles. The second kappa shape index (κ2) is 10.7. The number of H-pyrrole nitrogens is 1. The SMILES string of the molecule is CCCCC(C)C(O)C=CC1C(O)CC2OC(=C(C#N)CCCc3nn[nH]n3)CC21. The minimum atomic E-state index is -0.500. The minimum Gasteiger partial charge on any atom is -0.493 e. The lowest BCUT2D eigenvalue weighted by Gasteiger charge is -2.18. The number of aromatic amines is 1. The van der Waals surface area contributed by atoms with Crippen molar-refractivity contribution >= 4 is 0 Å². The van der Waals surface area contributed by atoms with Gasteiger partial charge in [-0.3, -0.25) is 0 Å². The highest BCUT2D eigenvalue weighted by Gasteiger charge is 2.47. The van der Waals surface area contributed by atoms with Gasteiger partial charge in [-0.1, -0.05) is 44.1 Å². The van der Waals surface area contributed by atoms with Crippen LogP contribution in [-0.4, -0.2) is 49.1 Å². The summed E-state index contributed by atoms with van der Waals surface area (Å²) in [6, 6.07) is 2.29. The van der Waals surface area contributed by atoms with Crippen molar-refractivity contribution in [1.29, 1.82) is 5.26 Å². The van der Waals surface area contributed by atoms with E-state index in [1.165, 1.54) is 0 Å². The standard InChI is InChI=1S/C22H33N5O3/c1-3-4-6-14(2)18(28)10-9-16-17-11-20(30-21(17)12-19(16)29)15(13-23)7-5-8-22-24-26-27-25-22/h9-10,14,16-19,21,28-29H,3-8,11-12H2,1-2H3,(H,24,25,26,27). The van der Waals surface area contributed by atoms with Gasteiger partial charge < -0.3 is 14.9 Å². The number of nitriles is 1. The molecule has 8 heteroatoms. The summed E-state index contributed by atoms with van der Waals surface area (Å²) in [6.07, 6.45) is 9.21. The second-order valence-electron chi connectivity index (χ2n) is 8.59. The molecule has 8 nitrogen and oxygen atoms in total. The number of aliphatic hydroxyl groups is 2. The number of allylic oxidation sites excluding steroid dienone is 2. The number of unbranched alkanes of at least 4 members (excludes halogenated alkanes) is 1. The lowest BCUT2D eigenvalue weighted by Crippen LogP contribution is -2.20. The van der Waals surface area contributed by atoms with Crippen LogP contribution in [0.25, 0.3) is 0 Å². The molecule has 0 bridgehead atoms. The van der Waals surface area contributed by atoms with E-state index in [4.69, 9.17) is 4.74 Å². The summed E-state index contributed by atoms with van der Waals surface area (Å²) >= 11 is 0. The number of nitrogens with one attached hydrogen (secondary N) is 1. The van der Waals surface area contributed by atoms with E-state index in [2.05, 4.69) is 40.5 Å². The van der Waals surface area contributed by atoms with Gasteiger partial charge in [-0.15, -0.1) is 10.2 Å². The fourth-order valence-corrected chi connectivity index (χ4v) is 4.51. The van der Waals surface area contributed by atoms with Gasteiger partial charge in [0.05, 0.1) is 23.9 Å². The summed E-state index contributed by atoms with van der Waals surface area (Å²) in [4.78, 5) is 0. The zero-order valence-corrected chi connectivity index (χ0v) is 17.9. The smallest absolute Gasteiger partial charge is 0.174 e. The molecule has 164 valence electrons. The Labute approximate surface area is 178 Å². The second-order valence-corrected chi connectivity index (χ2v) is 8.59. The number of fused-ring (bicyclic) bond motifs is 1. The Hall–Kier alpha value is -2.24. The van der Waals surface area contributed by atoms with Crippen molar-refractivity contribution in [2.75, 3.05) is 0 Å². The van der Waals surface area contributed by atoms with E-state index in [0.29, 0.717) is 37.1 Å². The molecule has 1 aromatic rings. The molecule has 2 heterocycles. The predicted octanol–water partition coefficient (Wildman–Crippen LogP) is 2.83. The van der Waals surface area contributed by atoms with Crippen LogP contribution in [0.1, 0.15) is 64.6 Å². The third-order valence-corrected chi connectivity index (χ3v) is 6.42. The lowest BCUT2D eigenvalue weighted by atomic mass is 9.89. The highest BCUT2D eigenvalue weighted by atomic mass is 16.5. The number of aryl methyl sites for hydroxylation is 1. The van der Waals surface area contributed by atoms with Gasteiger partial charge in [-0.2, -0.15) is 10.5 Å². The summed E-state index contributed by atoms with van der Waals surface area (Å²) in [5.74, 6) is 1.68. The molecule has 0 amide bonds. The Morgan fingerprint density at radius 3 is 2.97 bits per heavy atom. The molecule has 3 rings (SSSR count). The molecule has 2 fully saturated rings. The average Bonchev–Trinajstić information content (AvgIpc) is 3.45. The zero-order chi connectivity index (χ0) is 21.5. The summed E-state index contributed by atoms with van der Waals surface area (Å²) in [5, 5.41) is 44.3. The Balaban J connectivity index is 1.59. The molecule has 0 radical (unpaired) electrons. The third-order valence-electron chi connectivity index (χ3n) is 6.42. The van der Waals surface area contributed by atoms with Crippen LogP contribution in [0.2, 0.25) is 0 Å². The van der Waals surface area contributed by atoms with E-state index in [-0.39, 0.29) is 23.9 Å². The van der Waals surface area contributed by atoms with Crippen LogP contribution < -0.4 is 0 Å². The van der Waals surface area contributed by atoms with Crippen LogP contribution in [0.5, 0.6) is 0 Å². The third kappa shape index (κ3) is 5.46. The van der Waals surface area contributed by atoms with Crippen molar-refractivity contribution < 1.29 is 14.9 Å². The zero-order valence-electron chi connectivity index (χ0n) is 17.9. The van der Waals surface area contributed by atoms with Gasteiger partial charge in [0.1, 0.15) is 11.9 Å². The quantitative estimate of drug-likeness (QED) is 0.396. The van der Waals surface area contributed by atoms with Crippen LogP contribution in [0.15, 0.2) is 23.5 Å². The van der Waals surface area contributed by atoms with Gasteiger partial charge in [-0.25, -0.2) is 0 Å². The molecule has 0 spiro atoms. The Kier molecular flexibility index (Phi) is 8.00. The van der Waals surface area contributed by atoms with Crippen molar-refractivity contribution in [1.82, 2.24) is 20.6 Å². The summed E-state index contributed by atoms with van der Waals surface area (Å²) in [7, 11) is 0. The van der Waals surface area contributed by atoms with Gasteiger partial charge in [0, 0.05) is 31.1 Å². The molecule has 6 atom stereocenters. The molecule has 3 N–H and O–H groups in total. The summed E-state index contributed by atoms with van der Waals surface area (Å²) < 4.78 is 6.09. The van der Waals surface area contributed by atoms with E-state index in [9.17, 15) is 15.5 Å².